The molecule has 0 bridgehead atoms. The lowest BCUT2D eigenvalue weighted by Gasteiger charge is -2.31. The third-order valence-corrected chi connectivity index (χ3v) is 5.81. The van der Waals surface area contributed by atoms with E-state index in [0.717, 1.165) is 36.5 Å². The molecule has 2 heterocycles. The average molecular weight is 429 g/mol. The molecule has 1 aromatic carbocycles. The van der Waals surface area contributed by atoms with Crippen LogP contribution in [0.25, 0.3) is 0 Å². The number of anilines is 1. The van der Waals surface area contributed by atoms with E-state index >= 15 is 0 Å². The molecular formula is C21H24N4O4S. The summed E-state index contributed by atoms with van der Waals surface area (Å²) in [6.07, 6.45) is 3.66. The number of carbonyl (C=O) groups excluding carboxylic acids is 2. The number of piperidine rings is 1. The van der Waals surface area contributed by atoms with Crippen molar-refractivity contribution in [1.29, 1.82) is 0 Å². The van der Waals surface area contributed by atoms with Gasteiger partial charge in [0.1, 0.15) is 12.2 Å². The van der Waals surface area contributed by atoms with Gasteiger partial charge in [-0.05, 0) is 60.5 Å². The molecule has 8 nitrogen and oxygen atoms in total. The molecule has 3 N–H and O–H groups in total. The summed E-state index contributed by atoms with van der Waals surface area (Å²) in [7, 11) is 0. The fourth-order valence-corrected chi connectivity index (χ4v) is 4.24. The number of aliphatic carboxylic acids is 1. The van der Waals surface area contributed by atoms with Gasteiger partial charge in [-0.15, -0.1) is 0 Å². The molecule has 30 heavy (non-hydrogen) atoms. The van der Waals surface area contributed by atoms with Crippen LogP contribution >= 0.6 is 11.9 Å². The molecule has 1 aromatic heterocycles. The van der Waals surface area contributed by atoms with Crippen LogP contribution in [0.15, 0.2) is 47.5 Å². The summed E-state index contributed by atoms with van der Waals surface area (Å²) in [5.74, 6) is -1.22. The van der Waals surface area contributed by atoms with Gasteiger partial charge in [0.05, 0.1) is 0 Å². The van der Waals surface area contributed by atoms with E-state index in [-0.39, 0.29) is 11.6 Å². The van der Waals surface area contributed by atoms with E-state index in [1.165, 1.54) is 12.5 Å². The lowest BCUT2D eigenvalue weighted by molar-refractivity contribution is -0.135. The summed E-state index contributed by atoms with van der Waals surface area (Å²) < 4.78 is 2.27. The Morgan fingerprint density at radius 1 is 1.20 bits per heavy atom. The van der Waals surface area contributed by atoms with Crippen molar-refractivity contribution in [1.82, 2.24) is 14.6 Å². The third kappa shape index (κ3) is 6.30. The zero-order chi connectivity index (χ0) is 21.5. The van der Waals surface area contributed by atoms with E-state index in [9.17, 15) is 14.4 Å². The molecular weight excluding hydrogens is 404 g/mol. The molecule has 1 saturated heterocycles. The highest BCUT2D eigenvalue weighted by Crippen LogP contribution is 2.33. The van der Waals surface area contributed by atoms with Gasteiger partial charge in [0.25, 0.3) is 5.91 Å². The molecule has 0 aliphatic carbocycles. The highest BCUT2D eigenvalue weighted by Gasteiger charge is 2.22. The zero-order valence-corrected chi connectivity index (χ0v) is 17.4. The van der Waals surface area contributed by atoms with Gasteiger partial charge in [-0.1, -0.05) is 12.1 Å². The fourth-order valence-electron chi connectivity index (χ4n) is 3.32. The number of hydrogen-bond donors (Lipinski definition) is 3. The molecule has 158 valence electrons. The standard InChI is InChI=1S/C21H24N4O4S/c1-14(26)24-17-4-2-3-16(11-17)15-7-9-25(10-8-15)30-18-5-6-19(22-12-18)21(29)23-13-20(27)28/h2-6,11-12,15H,7-10,13H2,1H3,(H,23,29)(H,24,26)(H,27,28). The topological polar surface area (TPSA) is 112 Å². The third-order valence-electron chi connectivity index (χ3n) is 4.74. The number of rotatable bonds is 7. The average Bonchev–Trinajstić information content (AvgIpc) is 2.73. The molecule has 9 heteroatoms. The van der Waals surface area contributed by atoms with Crippen molar-refractivity contribution >= 4 is 35.4 Å². The summed E-state index contributed by atoms with van der Waals surface area (Å²) in [5.41, 5.74) is 2.26. The summed E-state index contributed by atoms with van der Waals surface area (Å²) in [4.78, 5) is 38.7. The van der Waals surface area contributed by atoms with E-state index in [4.69, 9.17) is 5.11 Å². The van der Waals surface area contributed by atoms with E-state index in [1.54, 1.807) is 24.2 Å². The van der Waals surface area contributed by atoms with Crippen molar-refractivity contribution in [3.8, 4) is 0 Å². The smallest absolute Gasteiger partial charge is 0.322 e. The van der Waals surface area contributed by atoms with Gasteiger partial charge in [-0.3, -0.25) is 14.4 Å². The van der Waals surface area contributed by atoms with Gasteiger partial charge in [0, 0.05) is 36.8 Å². The van der Waals surface area contributed by atoms with Gasteiger partial charge < -0.3 is 15.7 Å². The van der Waals surface area contributed by atoms with Crippen LogP contribution in [0.3, 0.4) is 0 Å². The number of carboxylic acids is 1. The van der Waals surface area contributed by atoms with Crippen LogP contribution in [0.5, 0.6) is 0 Å². The van der Waals surface area contributed by atoms with E-state index in [0.29, 0.717) is 5.92 Å². The number of benzene rings is 1. The minimum atomic E-state index is -1.10. The summed E-state index contributed by atoms with van der Waals surface area (Å²) in [6, 6.07) is 11.4. The van der Waals surface area contributed by atoms with Crippen molar-refractivity contribution in [3.63, 3.8) is 0 Å². The molecule has 0 radical (unpaired) electrons. The van der Waals surface area contributed by atoms with Gasteiger partial charge in [0.15, 0.2) is 0 Å². The number of nitrogens with zero attached hydrogens (tertiary/aromatic N) is 2. The Morgan fingerprint density at radius 3 is 2.60 bits per heavy atom. The van der Waals surface area contributed by atoms with Gasteiger partial charge in [-0.2, -0.15) is 0 Å². The Bertz CT molecular complexity index is 911. The predicted molar refractivity (Wildman–Crippen MR) is 114 cm³/mol. The monoisotopic (exact) mass is 428 g/mol. The number of pyridine rings is 1. The molecule has 2 aromatic rings. The van der Waals surface area contributed by atoms with Crippen LogP contribution in [0, 0.1) is 0 Å². The van der Waals surface area contributed by atoms with Crippen LogP contribution in [0.4, 0.5) is 5.69 Å². The van der Waals surface area contributed by atoms with Crippen molar-refractivity contribution in [3.05, 3.63) is 53.9 Å². The Labute approximate surface area is 179 Å². The SMILES string of the molecule is CC(=O)Nc1cccc(C2CCN(Sc3ccc(C(=O)NCC(=O)O)nc3)CC2)c1. The minimum absolute atomic E-state index is 0.0719. The minimum Gasteiger partial charge on any atom is -0.480 e. The predicted octanol–water partition coefficient (Wildman–Crippen LogP) is 2.74. The molecule has 1 fully saturated rings. The normalized spacial score (nSPS) is 14.8. The first kappa shape index (κ1) is 21.8. The maximum absolute atomic E-state index is 11.8. The quantitative estimate of drug-likeness (QED) is 0.582. The number of aromatic nitrogens is 1. The van der Waals surface area contributed by atoms with Crippen LogP contribution in [0.1, 0.15) is 41.7 Å². The molecule has 0 unspecified atom stereocenters. The second-order valence-electron chi connectivity index (χ2n) is 7.06. The first-order valence-electron chi connectivity index (χ1n) is 9.67. The van der Waals surface area contributed by atoms with E-state index in [1.807, 2.05) is 24.3 Å². The number of carbonyl (C=O) groups is 3. The van der Waals surface area contributed by atoms with Crippen molar-refractivity contribution in [2.24, 2.45) is 0 Å². The zero-order valence-electron chi connectivity index (χ0n) is 16.6. The summed E-state index contributed by atoms with van der Waals surface area (Å²) in [5, 5.41) is 13.7. The fraction of sp³-hybridized carbons (Fsp3) is 0.333. The summed E-state index contributed by atoms with van der Waals surface area (Å²) in [6.45, 7) is 2.91. The molecule has 2 amide bonds. The van der Waals surface area contributed by atoms with Gasteiger partial charge >= 0.3 is 5.97 Å². The summed E-state index contributed by atoms with van der Waals surface area (Å²) >= 11 is 1.60. The lowest BCUT2D eigenvalue weighted by atomic mass is 9.90. The van der Waals surface area contributed by atoms with E-state index in [2.05, 4.69) is 26.0 Å². The van der Waals surface area contributed by atoms with Crippen molar-refractivity contribution < 1.29 is 19.5 Å². The van der Waals surface area contributed by atoms with Crippen LogP contribution in [-0.2, 0) is 9.59 Å². The van der Waals surface area contributed by atoms with Crippen molar-refractivity contribution in [2.75, 3.05) is 25.0 Å². The largest absolute Gasteiger partial charge is 0.480 e. The highest BCUT2D eigenvalue weighted by atomic mass is 32.2. The Morgan fingerprint density at radius 2 is 1.97 bits per heavy atom. The second-order valence-corrected chi connectivity index (χ2v) is 8.23. The van der Waals surface area contributed by atoms with Crippen molar-refractivity contribution in [2.45, 2.75) is 30.6 Å². The van der Waals surface area contributed by atoms with Crippen LogP contribution in [0.2, 0.25) is 0 Å². The molecule has 0 spiro atoms. The number of amides is 2. The Kier molecular flexibility index (Phi) is 7.42. The van der Waals surface area contributed by atoms with Gasteiger partial charge in [0.2, 0.25) is 5.91 Å². The molecule has 0 atom stereocenters. The maximum Gasteiger partial charge on any atom is 0.322 e. The van der Waals surface area contributed by atoms with Gasteiger partial charge in [-0.25, -0.2) is 9.29 Å². The molecule has 0 saturated carbocycles. The second kappa shape index (κ2) is 10.2. The number of hydrogen-bond acceptors (Lipinski definition) is 6. The lowest BCUT2D eigenvalue weighted by Crippen LogP contribution is -2.29. The maximum atomic E-state index is 11.8. The van der Waals surface area contributed by atoms with Crippen LogP contribution in [-0.4, -0.2) is 51.8 Å². The first-order valence-corrected chi connectivity index (χ1v) is 10.4. The molecule has 1 aliphatic rings. The number of nitrogens with one attached hydrogen (secondary N) is 2. The Hall–Kier alpha value is -2.91. The van der Waals surface area contributed by atoms with Crippen LogP contribution < -0.4 is 10.6 Å². The van der Waals surface area contributed by atoms with E-state index < -0.39 is 18.4 Å². The first-order chi connectivity index (χ1) is 14.4. The molecule has 3 rings (SSSR count). The highest BCUT2D eigenvalue weighted by molar-refractivity contribution is 7.97. The molecule has 1 aliphatic heterocycles. The number of carboxylic acid groups (broad SMARTS) is 1. The Balaban J connectivity index is 1.50.